The van der Waals surface area contributed by atoms with Gasteiger partial charge in [-0.3, -0.25) is 5.32 Å². The van der Waals surface area contributed by atoms with Crippen molar-refractivity contribution in [3.8, 4) is 5.88 Å². The first-order valence-corrected chi connectivity index (χ1v) is 3.33. The highest BCUT2D eigenvalue weighted by Gasteiger charge is 2.12. The van der Waals surface area contributed by atoms with Crippen molar-refractivity contribution in [2.45, 2.75) is 0 Å². The van der Waals surface area contributed by atoms with Gasteiger partial charge in [0, 0.05) is 6.20 Å². The predicted octanol–water partition coefficient (Wildman–Crippen LogP) is 1.32. The number of ether oxygens (including phenoxy) is 1. The fraction of sp³-hybridized carbons (Fsp3) is 0.143. The Morgan fingerprint density at radius 1 is 1.77 bits per heavy atom. The molecule has 5 nitrogen and oxygen atoms in total. The second kappa shape index (κ2) is 3.70. The van der Waals surface area contributed by atoms with E-state index in [1.165, 1.54) is 13.3 Å². The quantitative estimate of drug-likeness (QED) is 0.730. The average Bonchev–Trinajstić information content (AvgIpc) is 2.08. The van der Waals surface area contributed by atoms with Crippen molar-refractivity contribution >= 4 is 11.8 Å². The number of nitrogens with zero attached hydrogens (tertiary/aromatic N) is 1. The molecule has 0 aliphatic rings. The number of aromatic nitrogens is 1. The molecule has 0 aliphatic carbocycles. The van der Waals surface area contributed by atoms with Gasteiger partial charge in [-0.25, -0.2) is 14.2 Å². The second-order valence-corrected chi connectivity index (χ2v) is 2.11. The predicted molar refractivity (Wildman–Crippen MR) is 42.4 cm³/mol. The summed E-state index contributed by atoms with van der Waals surface area (Å²) in [5.74, 6) is -0.823. The molecule has 0 aromatic carbocycles. The molecule has 2 N–H and O–H groups in total. The van der Waals surface area contributed by atoms with Crippen molar-refractivity contribution in [2.24, 2.45) is 0 Å². The zero-order valence-electron chi connectivity index (χ0n) is 6.74. The van der Waals surface area contributed by atoms with E-state index in [9.17, 15) is 9.18 Å². The fourth-order valence-electron chi connectivity index (χ4n) is 0.795. The van der Waals surface area contributed by atoms with Crippen LogP contribution in [0.15, 0.2) is 12.3 Å². The van der Waals surface area contributed by atoms with Crippen molar-refractivity contribution in [1.82, 2.24) is 4.98 Å². The van der Waals surface area contributed by atoms with Gasteiger partial charge >= 0.3 is 6.09 Å². The Kier molecular flexibility index (Phi) is 2.63. The number of anilines is 1. The van der Waals surface area contributed by atoms with Crippen LogP contribution < -0.4 is 10.1 Å². The maximum absolute atomic E-state index is 13.0. The highest BCUT2D eigenvalue weighted by Crippen LogP contribution is 2.23. The lowest BCUT2D eigenvalue weighted by molar-refractivity contribution is 0.209. The molecule has 0 saturated heterocycles. The van der Waals surface area contributed by atoms with Crippen LogP contribution in [0, 0.1) is 5.82 Å². The van der Waals surface area contributed by atoms with Crippen LogP contribution in [0.3, 0.4) is 0 Å². The highest BCUT2D eigenvalue weighted by molar-refractivity contribution is 5.84. The lowest BCUT2D eigenvalue weighted by atomic mass is 10.4. The van der Waals surface area contributed by atoms with Gasteiger partial charge in [-0.1, -0.05) is 0 Å². The third kappa shape index (κ3) is 2.05. The molecule has 13 heavy (non-hydrogen) atoms. The largest absolute Gasteiger partial charge is 0.479 e. The molecular formula is C7H7FN2O3. The number of nitrogens with one attached hydrogen (secondary N) is 1. The van der Waals surface area contributed by atoms with Gasteiger partial charge in [0.05, 0.1) is 7.11 Å². The summed E-state index contributed by atoms with van der Waals surface area (Å²) in [4.78, 5) is 13.9. The molecule has 1 rings (SSSR count). The minimum atomic E-state index is -1.37. The lowest BCUT2D eigenvalue weighted by Gasteiger charge is -2.06. The summed E-state index contributed by atoms with van der Waals surface area (Å²) in [6.45, 7) is 0. The van der Waals surface area contributed by atoms with Gasteiger partial charge < -0.3 is 9.84 Å². The monoisotopic (exact) mass is 186 g/mol. The van der Waals surface area contributed by atoms with E-state index >= 15 is 0 Å². The van der Waals surface area contributed by atoms with Crippen LogP contribution in [0.4, 0.5) is 14.9 Å². The molecular weight excluding hydrogens is 179 g/mol. The Morgan fingerprint density at radius 2 is 2.46 bits per heavy atom. The van der Waals surface area contributed by atoms with Crippen molar-refractivity contribution in [3.05, 3.63) is 18.1 Å². The molecule has 0 spiro atoms. The van der Waals surface area contributed by atoms with Gasteiger partial charge in [-0.2, -0.15) is 0 Å². The standard InChI is InChI=1S/C7H7FN2O3/c1-13-6-5(10-7(11)12)4(8)2-3-9-6/h2-3,10H,1H3,(H,11,12). The van der Waals surface area contributed by atoms with E-state index in [0.717, 1.165) is 6.07 Å². The van der Waals surface area contributed by atoms with Gasteiger partial charge in [0.2, 0.25) is 5.88 Å². The van der Waals surface area contributed by atoms with Crippen LogP contribution in [0.25, 0.3) is 0 Å². The van der Waals surface area contributed by atoms with Crippen LogP contribution in [0.2, 0.25) is 0 Å². The van der Waals surface area contributed by atoms with Gasteiger partial charge in [-0.05, 0) is 6.07 Å². The maximum atomic E-state index is 13.0. The lowest BCUT2D eigenvalue weighted by Crippen LogP contribution is -2.10. The Bertz CT molecular complexity index is 330. The van der Waals surface area contributed by atoms with E-state index in [1.807, 2.05) is 5.32 Å². The zero-order valence-corrected chi connectivity index (χ0v) is 6.74. The summed E-state index contributed by atoms with van der Waals surface area (Å²) in [5.41, 5.74) is -0.280. The Balaban J connectivity index is 3.07. The SMILES string of the molecule is COc1nccc(F)c1NC(=O)O. The minimum absolute atomic E-state index is 0.0950. The summed E-state index contributed by atoms with van der Waals surface area (Å²) in [6, 6.07) is 1.04. The van der Waals surface area contributed by atoms with Gasteiger partial charge in [0.1, 0.15) is 5.69 Å². The first-order chi connectivity index (χ1) is 6.15. The Labute approximate surface area is 73.2 Å². The third-order valence-corrected chi connectivity index (χ3v) is 1.29. The molecule has 1 amide bonds. The van der Waals surface area contributed by atoms with Gasteiger partial charge in [0.15, 0.2) is 5.82 Å². The van der Waals surface area contributed by atoms with E-state index in [-0.39, 0.29) is 11.6 Å². The average molecular weight is 186 g/mol. The Morgan fingerprint density at radius 3 is 3.00 bits per heavy atom. The topological polar surface area (TPSA) is 71.5 Å². The summed E-state index contributed by atoms with van der Waals surface area (Å²) in [5, 5.41) is 10.2. The summed E-state index contributed by atoms with van der Waals surface area (Å²) in [6.07, 6.45) is -0.188. The second-order valence-electron chi connectivity index (χ2n) is 2.11. The van der Waals surface area contributed by atoms with E-state index in [4.69, 9.17) is 5.11 Å². The number of hydrogen-bond donors (Lipinski definition) is 2. The smallest absolute Gasteiger partial charge is 0.409 e. The molecule has 0 bridgehead atoms. The number of hydrogen-bond acceptors (Lipinski definition) is 3. The first-order valence-electron chi connectivity index (χ1n) is 3.33. The molecule has 1 aromatic heterocycles. The molecule has 0 aliphatic heterocycles. The number of carboxylic acid groups (broad SMARTS) is 1. The summed E-state index contributed by atoms with van der Waals surface area (Å²) >= 11 is 0. The molecule has 6 heteroatoms. The van der Waals surface area contributed by atoms with Crippen LogP contribution >= 0.6 is 0 Å². The van der Waals surface area contributed by atoms with E-state index < -0.39 is 11.9 Å². The summed E-state index contributed by atoms with van der Waals surface area (Å²) in [7, 11) is 1.27. The molecule has 1 heterocycles. The summed E-state index contributed by atoms with van der Waals surface area (Å²) < 4.78 is 17.6. The van der Waals surface area contributed by atoms with E-state index in [0.29, 0.717) is 0 Å². The zero-order chi connectivity index (χ0) is 9.84. The normalized spacial score (nSPS) is 9.38. The van der Waals surface area contributed by atoms with Crippen molar-refractivity contribution < 1.29 is 19.0 Å². The van der Waals surface area contributed by atoms with Crippen LogP contribution in [-0.4, -0.2) is 23.3 Å². The fourth-order valence-corrected chi connectivity index (χ4v) is 0.795. The van der Waals surface area contributed by atoms with E-state index in [2.05, 4.69) is 9.72 Å². The molecule has 0 saturated carbocycles. The molecule has 0 fully saturated rings. The number of carbonyl (C=O) groups is 1. The number of pyridine rings is 1. The van der Waals surface area contributed by atoms with Crippen LogP contribution in [0.5, 0.6) is 5.88 Å². The highest BCUT2D eigenvalue weighted by atomic mass is 19.1. The van der Waals surface area contributed by atoms with Gasteiger partial charge in [0.25, 0.3) is 0 Å². The first kappa shape index (κ1) is 9.24. The van der Waals surface area contributed by atoms with Crippen molar-refractivity contribution in [3.63, 3.8) is 0 Å². The number of amides is 1. The van der Waals surface area contributed by atoms with Crippen LogP contribution in [0.1, 0.15) is 0 Å². The Hall–Kier alpha value is -1.85. The number of methoxy groups -OCH3 is 1. The molecule has 0 atom stereocenters. The molecule has 0 unspecified atom stereocenters. The maximum Gasteiger partial charge on any atom is 0.409 e. The molecule has 0 radical (unpaired) electrons. The van der Waals surface area contributed by atoms with Crippen LogP contribution in [-0.2, 0) is 0 Å². The van der Waals surface area contributed by atoms with Crippen molar-refractivity contribution in [1.29, 1.82) is 0 Å². The van der Waals surface area contributed by atoms with Gasteiger partial charge in [-0.15, -0.1) is 0 Å². The third-order valence-electron chi connectivity index (χ3n) is 1.29. The molecule has 70 valence electrons. The molecule has 1 aromatic rings. The number of rotatable bonds is 2. The minimum Gasteiger partial charge on any atom is -0.479 e. The van der Waals surface area contributed by atoms with E-state index in [1.54, 1.807) is 0 Å². The number of halogens is 1. The van der Waals surface area contributed by atoms with Crippen molar-refractivity contribution in [2.75, 3.05) is 12.4 Å².